The number of anilines is 1. The Balaban J connectivity index is 1.64. The highest BCUT2D eigenvalue weighted by atomic mass is 32.1. The van der Waals surface area contributed by atoms with Crippen molar-refractivity contribution >= 4 is 34.4 Å². The van der Waals surface area contributed by atoms with Gasteiger partial charge in [-0.15, -0.1) is 11.3 Å². The zero-order valence-corrected chi connectivity index (χ0v) is 14.2. The predicted octanol–water partition coefficient (Wildman–Crippen LogP) is 2.59. The van der Waals surface area contributed by atoms with Crippen LogP contribution < -0.4 is 10.7 Å². The van der Waals surface area contributed by atoms with E-state index in [1.807, 2.05) is 30.3 Å². The number of benzene rings is 1. The molecule has 1 aliphatic rings. The number of hydrazone groups is 1. The molecule has 0 bridgehead atoms. The van der Waals surface area contributed by atoms with Gasteiger partial charge in [0.1, 0.15) is 11.1 Å². The van der Waals surface area contributed by atoms with Crippen LogP contribution in [0, 0.1) is 11.3 Å². The molecule has 0 fully saturated rings. The number of nitrogens with zero attached hydrogens (tertiary/aromatic N) is 2. The van der Waals surface area contributed by atoms with E-state index in [1.165, 1.54) is 17.6 Å². The van der Waals surface area contributed by atoms with E-state index in [0.717, 1.165) is 41.7 Å². The third-order valence-corrected chi connectivity index (χ3v) is 5.10. The summed E-state index contributed by atoms with van der Waals surface area (Å²) in [4.78, 5) is 25.0. The summed E-state index contributed by atoms with van der Waals surface area (Å²) in [6.07, 6.45) is 5.34. The Kier molecular flexibility index (Phi) is 5.21. The molecule has 0 unspecified atom stereocenters. The average molecular weight is 352 g/mol. The Bertz CT molecular complexity index is 865. The van der Waals surface area contributed by atoms with Gasteiger partial charge < -0.3 is 5.32 Å². The molecule has 0 saturated heterocycles. The molecule has 126 valence electrons. The first-order valence-corrected chi connectivity index (χ1v) is 8.74. The summed E-state index contributed by atoms with van der Waals surface area (Å²) in [5.41, 5.74) is 4.49. The largest absolute Gasteiger partial charge is 0.329 e. The fraction of sp³-hybridized carbons (Fsp3) is 0.222. The minimum absolute atomic E-state index is 0.446. The van der Waals surface area contributed by atoms with Crippen molar-refractivity contribution in [2.45, 2.75) is 25.7 Å². The van der Waals surface area contributed by atoms with Gasteiger partial charge in [-0.3, -0.25) is 9.59 Å². The molecule has 1 aromatic heterocycles. The Morgan fingerprint density at radius 2 is 1.92 bits per heavy atom. The number of nitrogens with one attached hydrogen (secondary N) is 2. The van der Waals surface area contributed by atoms with Crippen LogP contribution in [0.5, 0.6) is 0 Å². The minimum atomic E-state index is -0.873. The molecule has 25 heavy (non-hydrogen) atoms. The van der Waals surface area contributed by atoms with Gasteiger partial charge in [0, 0.05) is 4.88 Å². The maximum absolute atomic E-state index is 12.0. The van der Waals surface area contributed by atoms with Crippen molar-refractivity contribution in [3.63, 3.8) is 0 Å². The fourth-order valence-electron chi connectivity index (χ4n) is 2.69. The Hall–Kier alpha value is -2.98. The number of thiophene rings is 1. The quantitative estimate of drug-likeness (QED) is 0.505. The topological polar surface area (TPSA) is 94.4 Å². The zero-order valence-electron chi connectivity index (χ0n) is 13.4. The van der Waals surface area contributed by atoms with Gasteiger partial charge in [0.05, 0.1) is 11.8 Å². The maximum atomic E-state index is 12.0. The number of carbonyl (C=O) groups is 2. The predicted molar refractivity (Wildman–Crippen MR) is 96.5 cm³/mol. The van der Waals surface area contributed by atoms with Crippen LogP contribution >= 0.6 is 11.3 Å². The van der Waals surface area contributed by atoms with Gasteiger partial charge in [-0.25, -0.2) is 5.43 Å². The lowest BCUT2D eigenvalue weighted by molar-refractivity contribution is -0.136. The van der Waals surface area contributed by atoms with Gasteiger partial charge in [0.2, 0.25) is 0 Å². The molecule has 1 aromatic carbocycles. The molecule has 2 amide bonds. The van der Waals surface area contributed by atoms with Crippen molar-refractivity contribution in [2.75, 3.05) is 5.32 Å². The van der Waals surface area contributed by atoms with Crippen molar-refractivity contribution in [3.8, 4) is 6.07 Å². The van der Waals surface area contributed by atoms with E-state index in [4.69, 9.17) is 0 Å². The molecule has 7 heteroatoms. The molecule has 0 atom stereocenters. The van der Waals surface area contributed by atoms with E-state index in [2.05, 4.69) is 21.9 Å². The highest BCUT2D eigenvalue weighted by molar-refractivity contribution is 7.16. The number of hydrogen-bond donors (Lipinski definition) is 2. The molecule has 2 aromatic rings. The number of rotatable bonds is 3. The first kappa shape index (κ1) is 16.9. The highest BCUT2D eigenvalue weighted by Crippen LogP contribution is 2.37. The first-order valence-electron chi connectivity index (χ1n) is 7.93. The summed E-state index contributed by atoms with van der Waals surface area (Å²) in [5, 5.41) is 16.1. The van der Waals surface area contributed by atoms with Gasteiger partial charge in [-0.1, -0.05) is 30.3 Å². The molecule has 0 spiro atoms. The monoisotopic (exact) mass is 352 g/mol. The second-order valence-corrected chi connectivity index (χ2v) is 6.70. The Morgan fingerprint density at radius 3 is 2.68 bits per heavy atom. The number of nitriles is 1. The van der Waals surface area contributed by atoms with Crippen LogP contribution in [0.3, 0.4) is 0 Å². The zero-order chi connectivity index (χ0) is 17.6. The first-order chi connectivity index (χ1) is 12.2. The fourth-order valence-corrected chi connectivity index (χ4v) is 3.92. The standard InChI is InChI=1S/C18H16N4O2S/c19-10-14-13-8-4-5-9-15(13)25-18(14)21-16(23)17(24)22-20-11-12-6-2-1-3-7-12/h1-3,6-7,11H,4-5,8-9H2,(H,21,23)(H,22,24)/b20-11+. The van der Waals surface area contributed by atoms with Gasteiger partial charge in [0.25, 0.3) is 0 Å². The number of aryl methyl sites for hydroxylation is 1. The summed E-state index contributed by atoms with van der Waals surface area (Å²) in [7, 11) is 0. The molecule has 0 radical (unpaired) electrons. The molecular weight excluding hydrogens is 336 g/mol. The average Bonchev–Trinajstić information content (AvgIpc) is 2.99. The van der Waals surface area contributed by atoms with Crippen LogP contribution in [-0.2, 0) is 22.4 Å². The SMILES string of the molecule is N#Cc1c(NC(=O)C(=O)N/N=C/c2ccccc2)sc2c1CCCC2. The van der Waals surface area contributed by atoms with E-state index in [0.29, 0.717) is 10.6 Å². The second-order valence-electron chi connectivity index (χ2n) is 5.59. The Labute approximate surface area is 149 Å². The van der Waals surface area contributed by atoms with E-state index >= 15 is 0 Å². The van der Waals surface area contributed by atoms with E-state index in [1.54, 1.807) is 0 Å². The van der Waals surface area contributed by atoms with Crippen molar-refractivity contribution in [1.82, 2.24) is 5.43 Å². The summed E-state index contributed by atoms with van der Waals surface area (Å²) in [6.45, 7) is 0. The number of amides is 2. The lowest BCUT2D eigenvalue weighted by atomic mass is 9.96. The van der Waals surface area contributed by atoms with Crippen molar-refractivity contribution in [1.29, 1.82) is 5.26 Å². The normalized spacial score (nSPS) is 13.1. The summed E-state index contributed by atoms with van der Waals surface area (Å²) < 4.78 is 0. The second kappa shape index (κ2) is 7.73. The molecule has 3 rings (SSSR count). The van der Waals surface area contributed by atoms with Crippen molar-refractivity contribution < 1.29 is 9.59 Å². The van der Waals surface area contributed by atoms with Crippen molar-refractivity contribution in [2.24, 2.45) is 5.10 Å². The van der Waals surface area contributed by atoms with E-state index < -0.39 is 11.8 Å². The minimum Gasteiger partial charge on any atom is -0.308 e. The molecule has 0 saturated carbocycles. The van der Waals surface area contributed by atoms with Crippen LogP contribution in [0.25, 0.3) is 0 Å². The molecule has 1 aliphatic carbocycles. The van der Waals surface area contributed by atoms with Crippen LogP contribution in [0.1, 0.15) is 34.4 Å². The third kappa shape index (κ3) is 3.92. The molecular formula is C18H16N4O2S. The van der Waals surface area contributed by atoms with E-state index in [9.17, 15) is 14.9 Å². The smallest absolute Gasteiger partial charge is 0.308 e. The van der Waals surface area contributed by atoms with Crippen LogP contribution in [0.2, 0.25) is 0 Å². The summed E-state index contributed by atoms with van der Waals surface area (Å²) >= 11 is 1.38. The van der Waals surface area contributed by atoms with Crippen LogP contribution in [0.15, 0.2) is 35.4 Å². The lowest BCUT2D eigenvalue weighted by Gasteiger charge is -2.09. The van der Waals surface area contributed by atoms with Gasteiger partial charge in [-0.2, -0.15) is 10.4 Å². The van der Waals surface area contributed by atoms with Crippen LogP contribution in [-0.4, -0.2) is 18.0 Å². The highest BCUT2D eigenvalue weighted by Gasteiger charge is 2.23. The van der Waals surface area contributed by atoms with Crippen molar-refractivity contribution in [3.05, 3.63) is 51.9 Å². The van der Waals surface area contributed by atoms with E-state index in [-0.39, 0.29) is 0 Å². The number of fused-ring (bicyclic) bond motifs is 1. The molecule has 1 heterocycles. The third-order valence-electron chi connectivity index (χ3n) is 3.90. The number of hydrogen-bond acceptors (Lipinski definition) is 5. The number of carbonyl (C=O) groups excluding carboxylic acids is 2. The molecule has 2 N–H and O–H groups in total. The maximum Gasteiger partial charge on any atom is 0.329 e. The summed E-state index contributed by atoms with van der Waals surface area (Å²) in [5.74, 6) is -1.71. The lowest BCUT2D eigenvalue weighted by Crippen LogP contribution is -2.32. The van der Waals surface area contributed by atoms with Gasteiger partial charge in [0.15, 0.2) is 0 Å². The molecule has 0 aliphatic heterocycles. The Morgan fingerprint density at radius 1 is 1.16 bits per heavy atom. The summed E-state index contributed by atoms with van der Waals surface area (Å²) in [6, 6.07) is 11.4. The van der Waals surface area contributed by atoms with Gasteiger partial charge in [-0.05, 0) is 36.8 Å². The van der Waals surface area contributed by atoms with Crippen LogP contribution in [0.4, 0.5) is 5.00 Å². The molecule has 6 nitrogen and oxygen atoms in total. The van der Waals surface area contributed by atoms with Gasteiger partial charge >= 0.3 is 11.8 Å².